The van der Waals surface area contributed by atoms with Gasteiger partial charge in [0.25, 0.3) is 0 Å². The third kappa shape index (κ3) is 3.39. The summed E-state index contributed by atoms with van der Waals surface area (Å²) in [6.45, 7) is 0. The molecule has 0 saturated carbocycles. The number of hydrogen-bond donors (Lipinski definition) is 1. The normalized spacial score (nSPS) is 11.4. The van der Waals surface area contributed by atoms with Crippen LogP contribution in [-0.2, 0) is 17.4 Å². The first kappa shape index (κ1) is 15.0. The number of nitrogens with two attached hydrogens (primary N) is 1. The average molecular weight is 297 g/mol. The van der Waals surface area contributed by atoms with Gasteiger partial charge in [0.2, 0.25) is 5.91 Å². The second-order valence-corrected chi connectivity index (χ2v) is 4.49. The van der Waals surface area contributed by atoms with Crippen LogP contribution in [0.4, 0.5) is 17.6 Å². The van der Waals surface area contributed by atoms with Crippen LogP contribution in [-0.4, -0.2) is 5.91 Å². The Morgan fingerprint density at radius 2 is 1.71 bits per heavy atom. The molecule has 1 amide bonds. The highest BCUT2D eigenvalue weighted by molar-refractivity contribution is 5.81. The fraction of sp³-hybridized carbons (Fsp3) is 0.133. The van der Waals surface area contributed by atoms with Gasteiger partial charge in [-0.3, -0.25) is 4.79 Å². The van der Waals surface area contributed by atoms with E-state index >= 15 is 0 Å². The summed E-state index contributed by atoms with van der Waals surface area (Å²) in [5.74, 6) is -1.46. The lowest BCUT2D eigenvalue weighted by Crippen LogP contribution is -2.15. The van der Waals surface area contributed by atoms with Crippen LogP contribution in [0, 0.1) is 5.82 Å². The summed E-state index contributed by atoms with van der Waals surface area (Å²) in [7, 11) is 0. The quantitative estimate of drug-likeness (QED) is 0.865. The Bertz CT molecular complexity index is 680. The molecule has 6 heteroatoms. The van der Waals surface area contributed by atoms with Crippen LogP contribution in [0.25, 0.3) is 11.1 Å². The fourth-order valence-electron chi connectivity index (χ4n) is 2.11. The number of carbonyl (C=O) groups excluding carboxylic acids is 1. The molecule has 0 aliphatic carbocycles. The van der Waals surface area contributed by atoms with E-state index in [1.807, 2.05) is 0 Å². The maximum atomic E-state index is 13.4. The zero-order valence-electron chi connectivity index (χ0n) is 10.7. The molecule has 0 fully saturated rings. The molecule has 2 aromatic rings. The predicted molar refractivity (Wildman–Crippen MR) is 69.7 cm³/mol. The van der Waals surface area contributed by atoms with Crippen molar-refractivity contribution in [3.63, 3.8) is 0 Å². The number of benzene rings is 2. The largest absolute Gasteiger partial charge is 0.417 e. The van der Waals surface area contributed by atoms with Crippen LogP contribution < -0.4 is 5.73 Å². The molecule has 0 spiro atoms. The van der Waals surface area contributed by atoms with Crippen LogP contribution in [0.3, 0.4) is 0 Å². The third-order valence-electron chi connectivity index (χ3n) is 2.96. The Balaban J connectivity index is 2.67. The highest BCUT2D eigenvalue weighted by Crippen LogP contribution is 2.38. The van der Waals surface area contributed by atoms with Crippen molar-refractivity contribution in [3.8, 4) is 11.1 Å². The van der Waals surface area contributed by atoms with Crippen molar-refractivity contribution >= 4 is 5.91 Å². The first-order valence-corrected chi connectivity index (χ1v) is 6.02. The first-order valence-electron chi connectivity index (χ1n) is 6.02. The van der Waals surface area contributed by atoms with Crippen molar-refractivity contribution < 1.29 is 22.4 Å². The molecule has 0 saturated heterocycles. The van der Waals surface area contributed by atoms with Gasteiger partial charge in [0.15, 0.2) is 0 Å². The monoisotopic (exact) mass is 297 g/mol. The summed E-state index contributed by atoms with van der Waals surface area (Å²) in [6, 6.07) is 8.24. The molecule has 0 unspecified atom stereocenters. The van der Waals surface area contributed by atoms with E-state index < -0.39 is 23.5 Å². The average Bonchev–Trinajstić information content (AvgIpc) is 2.37. The first-order chi connectivity index (χ1) is 9.79. The summed E-state index contributed by atoms with van der Waals surface area (Å²) in [6.07, 6.45) is -4.84. The molecule has 0 aliphatic rings. The van der Waals surface area contributed by atoms with Gasteiger partial charge in [0.1, 0.15) is 5.82 Å². The van der Waals surface area contributed by atoms with Gasteiger partial charge < -0.3 is 5.73 Å². The minimum absolute atomic E-state index is 0.142. The summed E-state index contributed by atoms with van der Waals surface area (Å²) >= 11 is 0. The second-order valence-electron chi connectivity index (χ2n) is 4.49. The molecule has 0 radical (unpaired) electrons. The Morgan fingerprint density at radius 1 is 1.05 bits per heavy atom. The Kier molecular flexibility index (Phi) is 3.97. The fourth-order valence-corrected chi connectivity index (χ4v) is 2.11. The molecule has 2 rings (SSSR count). The smallest absolute Gasteiger partial charge is 0.369 e. The van der Waals surface area contributed by atoms with Crippen molar-refractivity contribution in [2.24, 2.45) is 5.73 Å². The van der Waals surface area contributed by atoms with Crippen molar-refractivity contribution in [2.75, 3.05) is 0 Å². The molecule has 0 atom stereocenters. The number of halogens is 4. The maximum Gasteiger partial charge on any atom is 0.417 e. The SMILES string of the molecule is NC(=O)Cc1ccccc1-c1cc(F)ccc1C(F)(F)F. The van der Waals surface area contributed by atoms with Gasteiger partial charge in [-0.15, -0.1) is 0 Å². The molecule has 2 nitrogen and oxygen atoms in total. The van der Waals surface area contributed by atoms with Gasteiger partial charge in [0, 0.05) is 0 Å². The van der Waals surface area contributed by atoms with E-state index in [4.69, 9.17) is 5.73 Å². The van der Waals surface area contributed by atoms with Gasteiger partial charge in [-0.05, 0) is 34.9 Å². The Hall–Kier alpha value is -2.37. The molecule has 21 heavy (non-hydrogen) atoms. The minimum atomic E-state index is -4.62. The standard InChI is InChI=1S/C15H11F4NO/c16-10-5-6-13(15(17,18)19)12(8-10)11-4-2-1-3-9(11)7-14(20)21/h1-6,8H,7H2,(H2,20,21). The maximum absolute atomic E-state index is 13.4. The topological polar surface area (TPSA) is 43.1 Å². The predicted octanol–water partition coefficient (Wildman–Crippen LogP) is 3.54. The molecular weight excluding hydrogens is 286 g/mol. The van der Waals surface area contributed by atoms with Gasteiger partial charge in [-0.1, -0.05) is 24.3 Å². The number of hydrogen-bond acceptors (Lipinski definition) is 1. The van der Waals surface area contributed by atoms with Gasteiger partial charge >= 0.3 is 6.18 Å². The van der Waals surface area contributed by atoms with E-state index in [1.165, 1.54) is 18.2 Å². The number of primary amides is 1. The molecule has 2 aromatic carbocycles. The van der Waals surface area contributed by atoms with E-state index in [2.05, 4.69) is 0 Å². The summed E-state index contributed by atoms with van der Waals surface area (Å²) in [4.78, 5) is 11.0. The third-order valence-corrected chi connectivity index (χ3v) is 2.96. The lowest BCUT2D eigenvalue weighted by molar-refractivity contribution is -0.137. The lowest BCUT2D eigenvalue weighted by Gasteiger charge is -2.15. The molecule has 0 aliphatic heterocycles. The zero-order chi connectivity index (χ0) is 15.6. The van der Waals surface area contributed by atoms with Crippen LogP contribution in [0.2, 0.25) is 0 Å². The van der Waals surface area contributed by atoms with Gasteiger partial charge in [0.05, 0.1) is 12.0 Å². The molecular formula is C15H11F4NO. The van der Waals surface area contributed by atoms with Crippen molar-refractivity contribution in [3.05, 3.63) is 59.4 Å². The number of amides is 1. The van der Waals surface area contributed by atoms with Crippen LogP contribution in [0.1, 0.15) is 11.1 Å². The molecule has 0 heterocycles. The second kappa shape index (κ2) is 5.55. The van der Waals surface area contributed by atoms with E-state index in [1.54, 1.807) is 6.07 Å². The number of rotatable bonds is 3. The van der Waals surface area contributed by atoms with E-state index in [0.29, 0.717) is 11.6 Å². The van der Waals surface area contributed by atoms with Crippen LogP contribution in [0.5, 0.6) is 0 Å². The van der Waals surface area contributed by atoms with E-state index in [9.17, 15) is 22.4 Å². The zero-order valence-corrected chi connectivity index (χ0v) is 10.7. The van der Waals surface area contributed by atoms with Crippen molar-refractivity contribution in [1.82, 2.24) is 0 Å². The van der Waals surface area contributed by atoms with Crippen molar-refractivity contribution in [2.45, 2.75) is 12.6 Å². The van der Waals surface area contributed by atoms with Gasteiger partial charge in [-0.2, -0.15) is 13.2 Å². The number of alkyl halides is 3. The molecule has 2 N–H and O–H groups in total. The highest BCUT2D eigenvalue weighted by atomic mass is 19.4. The highest BCUT2D eigenvalue weighted by Gasteiger charge is 2.34. The summed E-state index contributed by atoms with van der Waals surface area (Å²) < 4.78 is 52.5. The molecule has 0 bridgehead atoms. The van der Waals surface area contributed by atoms with Crippen molar-refractivity contribution in [1.29, 1.82) is 0 Å². The summed E-state index contributed by atoms with van der Waals surface area (Å²) in [5.41, 5.74) is 4.29. The molecule has 0 aromatic heterocycles. The van der Waals surface area contributed by atoms with Gasteiger partial charge in [-0.25, -0.2) is 4.39 Å². The minimum Gasteiger partial charge on any atom is -0.369 e. The van der Waals surface area contributed by atoms with Crippen LogP contribution in [0.15, 0.2) is 42.5 Å². The summed E-state index contributed by atoms with van der Waals surface area (Å²) in [5, 5.41) is 0. The number of carbonyl (C=O) groups is 1. The van der Waals surface area contributed by atoms with E-state index in [0.717, 1.165) is 12.1 Å². The molecule has 110 valence electrons. The van der Waals surface area contributed by atoms with E-state index in [-0.39, 0.29) is 17.5 Å². The Morgan fingerprint density at radius 3 is 2.33 bits per heavy atom. The lowest BCUT2D eigenvalue weighted by atomic mass is 9.93. The van der Waals surface area contributed by atoms with Crippen LogP contribution >= 0.6 is 0 Å². The Labute approximate surface area is 118 Å².